The van der Waals surface area contributed by atoms with Gasteiger partial charge in [-0.05, 0) is 52.4 Å². The highest BCUT2D eigenvalue weighted by Gasteiger charge is 2.51. The van der Waals surface area contributed by atoms with Gasteiger partial charge < -0.3 is 15.4 Å². The molecule has 1 aliphatic carbocycles. The molecular formula is C18H29N3O4. The number of amides is 3. The zero-order valence-electron chi connectivity index (χ0n) is 15.4. The van der Waals surface area contributed by atoms with Gasteiger partial charge in [0.15, 0.2) is 0 Å². The Morgan fingerprint density at radius 2 is 1.72 bits per heavy atom. The molecule has 7 heteroatoms. The van der Waals surface area contributed by atoms with Gasteiger partial charge in [0.2, 0.25) is 11.8 Å². The summed E-state index contributed by atoms with van der Waals surface area (Å²) in [5, 5.41) is 0. The molecule has 25 heavy (non-hydrogen) atoms. The van der Waals surface area contributed by atoms with Crippen LogP contribution in [0.5, 0.6) is 0 Å². The summed E-state index contributed by atoms with van der Waals surface area (Å²) in [5.41, 5.74) is 4.77. The zero-order chi connectivity index (χ0) is 18.4. The van der Waals surface area contributed by atoms with Gasteiger partial charge in [0.05, 0.1) is 0 Å². The van der Waals surface area contributed by atoms with Crippen LogP contribution < -0.4 is 5.73 Å². The number of hydrogen-bond donors (Lipinski definition) is 1. The minimum atomic E-state index is -0.607. The highest BCUT2D eigenvalue weighted by molar-refractivity contribution is 5.92. The molecular weight excluding hydrogens is 322 g/mol. The van der Waals surface area contributed by atoms with E-state index in [0.29, 0.717) is 25.3 Å². The Balaban J connectivity index is 1.81. The molecule has 0 aromatic rings. The molecule has 0 aromatic carbocycles. The minimum Gasteiger partial charge on any atom is -0.444 e. The maximum absolute atomic E-state index is 13.0. The fourth-order valence-corrected chi connectivity index (χ4v) is 4.40. The van der Waals surface area contributed by atoms with Crippen LogP contribution in [0.3, 0.4) is 0 Å². The molecule has 2 N–H and O–H groups in total. The summed E-state index contributed by atoms with van der Waals surface area (Å²) in [6, 6.07) is -1.01. The first-order valence-electron chi connectivity index (χ1n) is 9.30. The van der Waals surface area contributed by atoms with Crippen molar-refractivity contribution in [2.24, 2.45) is 11.7 Å². The molecule has 4 unspecified atom stereocenters. The molecule has 0 spiro atoms. The lowest BCUT2D eigenvalue weighted by atomic mass is 9.84. The third kappa shape index (κ3) is 3.46. The van der Waals surface area contributed by atoms with Gasteiger partial charge in [0, 0.05) is 12.6 Å². The highest BCUT2D eigenvalue weighted by Crippen LogP contribution is 2.41. The minimum absolute atomic E-state index is 0.0610. The van der Waals surface area contributed by atoms with Crippen molar-refractivity contribution >= 4 is 17.9 Å². The third-order valence-electron chi connectivity index (χ3n) is 5.61. The molecule has 0 radical (unpaired) electrons. The number of rotatable bonds is 2. The fraction of sp³-hybridized carbons (Fsp3) is 0.833. The monoisotopic (exact) mass is 351 g/mol. The molecule has 3 rings (SSSR count). The summed E-state index contributed by atoms with van der Waals surface area (Å²) in [4.78, 5) is 40.5. The Labute approximate surface area is 148 Å². The van der Waals surface area contributed by atoms with Crippen LogP contribution in [-0.2, 0) is 14.3 Å². The van der Waals surface area contributed by atoms with Gasteiger partial charge in [0.25, 0.3) is 0 Å². The Kier molecular flexibility index (Phi) is 4.68. The van der Waals surface area contributed by atoms with E-state index in [1.165, 1.54) is 4.90 Å². The zero-order valence-corrected chi connectivity index (χ0v) is 15.4. The summed E-state index contributed by atoms with van der Waals surface area (Å²) in [6.45, 7) is 6.01. The van der Waals surface area contributed by atoms with Crippen molar-refractivity contribution in [2.75, 3.05) is 6.54 Å². The van der Waals surface area contributed by atoms with Crippen LogP contribution in [0, 0.1) is 5.92 Å². The fourth-order valence-electron chi connectivity index (χ4n) is 4.40. The van der Waals surface area contributed by atoms with Crippen LogP contribution in [0.15, 0.2) is 0 Å². The van der Waals surface area contributed by atoms with Gasteiger partial charge in [0.1, 0.15) is 17.7 Å². The normalized spacial score (nSPS) is 32.0. The second-order valence-electron chi connectivity index (χ2n) is 8.49. The summed E-state index contributed by atoms with van der Waals surface area (Å²) in [7, 11) is 0. The van der Waals surface area contributed by atoms with E-state index < -0.39 is 29.7 Å². The average molecular weight is 351 g/mol. The largest absolute Gasteiger partial charge is 0.444 e. The molecule has 4 atom stereocenters. The predicted octanol–water partition coefficient (Wildman–Crippen LogP) is 1.64. The summed E-state index contributed by atoms with van der Waals surface area (Å²) in [6.07, 6.45) is 4.99. The number of ether oxygens (including phenoxy) is 1. The quantitative estimate of drug-likeness (QED) is 0.818. The van der Waals surface area contributed by atoms with Crippen LogP contribution >= 0.6 is 0 Å². The lowest BCUT2D eigenvalue weighted by molar-refractivity contribution is -0.149. The topological polar surface area (TPSA) is 92.9 Å². The number of fused-ring (bicyclic) bond motifs is 1. The Morgan fingerprint density at radius 1 is 1.04 bits per heavy atom. The molecule has 7 nitrogen and oxygen atoms in total. The molecule has 2 saturated heterocycles. The van der Waals surface area contributed by atoms with Gasteiger partial charge >= 0.3 is 6.09 Å². The van der Waals surface area contributed by atoms with E-state index in [-0.39, 0.29) is 11.9 Å². The SMILES string of the molecule is CC(C)(C)OC(=O)N1C(C(=O)N2CCC2C(N)=O)CC2CCCCC21. The van der Waals surface area contributed by atoms with Gasteiger partial charge in [-0.3, -0.25) is 14.5 Å². The molecule has 3 fully saturated rings. The van der Waals surface area contributed by atoms with E-state index in [4.69, 9.17) is 10.5 Å². The molecule has 2 heterocycles. The first-order valence-corrected chi connectivity index (χ1v) is 9.30. The van der Waals surface area contributed by atoms with Crippen LogP contribution in [0.1, 0.15) is 59.3 Å². The number of likely N-dealkylation sites (tertiary alicyclic amines) is 2. The lowest BCUT2D eigenvalue weighted by Crippen LogP contribution is -2.62. The summed E-state index contributed by atoms with van der Waals surface area (Å²) < 4.78 is 5.58. The number of nitrogens with zero attached hydrogens (tertiary/aromatic N) is 2. The first kappa shape index (κ1) is 18.0. The molecule has 2 aliphatic heterocycles. The van der Waals surface area contributed by atoms with E-state index in [2.05, 4.69) is 0 Å². The molecule has 3 aliphatic rings. The van der Waals surface area contributed by atoms with E-state index in [1.807, 2.05) is 20.8 Å². The predicted molar refractivity (Wildman–Crippen MR) is 91.5 cm³/mol. The van der Waals surface area contributed by atoms with Crippen molar-refractivity contribution in [3.63, 3.8) is 0 Å². The number of nitrogens with two attached hydrogens (primary N) is 1. The van der Waals surface area contributed by atoms with Crippen LogP contribution in [-0.4, -0.2) is 58.0 Å². The Hall–Kier alpha value is -1.79. The second-order valence-corrected chi connectivity index (χ2v) is 8.49. The first-order chi connectivity index (χ1) is 11.7. The molecule has 1 saturated carbocycles. The van der Waals surface area contributed by atoms with Crippen molar-refractivity contribution in [1.82, 2.24) is 9.80 Å². The second kappa shape index (κ2) is 6.50. The summed E-state index contributed by atoms with van der Waals surface area (Å²) >= 11 is 0. The maximum Gasteiger partial charge on any atom is 0.411 e. The standard InChI is InChI=1S/C18H29N3O4/c1-18(2,3)25-17(24)21-12-7-5-4-6-11(12)10-14(21)16(23)20-9-8-13(20)15(19)22/h11-14H,4-10H2,1-3H3,(H2,19,22). The average Bonchev–Trinajstić information content (AvgIpc) is 2.82. The van der Waals surface area contributed by atoms with Crippen molar-refractivity contribution < 1.29 is 19.1 Å². The van der Waals surface area contributed by atoms with Crippen molar-refractivity contribution in [3.8, 4) is 0 Å². The molecule has 140 valence electrons. The number of hydrogen-bond acceptors (Lipinski definition) is 4. The molecule has 0 bridgehead atoms. The van der Waals surface area contributed by atoms with Gasteiger partial charge in [-0.1, -0.05) is 12.8 Å². The van der Waals surface area contributed by atoms with Gasteiger partial charge in [-0.15, -0.1) is 0 Å². The van der Waals surface area contributed by atoms with Crippen molar-refractivity contribution in [1.29, 1.82) is 0 Å². The van der Waals surface area contributed by atoms with Crippen molar-refractivity contribution in [2.45, 2.75) is 83.0 Å². The molecule has 0 aromatic heterocycles. The third-order valence-corrected chi connectivity index (χ3v) is 5.61. The van der Waals surface area contributed by atoms with Crippen LogP contribution in [0.4, 0.5) is 4.79 Å². The Bertz CT molecular complexity index is 571. The number of carbonyl (C=O) groups excluding carboxylic acids is 3. The van der Waals surface area contributed by atoms with E-state index >= 15 is 0 Å². The van der Waals surface area contributed by atoms with E-state index in [1.54, 1.807) is 4.90 Å². The van der Waals surface area contributed by atoms with Gasteiger partial charge in [-0.25, -0.2) is 4.79 Å². The van der Waals surface area contributed by atoms with Gasteiger partial charge in [-0.2, -0.15) is 0 Å². The van der Waals surface area contributed by atoms with E-state index in [0.717, 1.165) is 25.7 Å². The van der Waals surface area contributed by atoms with Crippen LogP contribution in [0.25, 0.3) is 0 Å². The lowest BCUT2D eigenvalue weighted by Gasteiger charge is -2.42. The van der Waals surface area contributed by atoms with E-state index in [9.17, 15) is 14.4 Å². The number of primary amides is 1. The number of carbonyl (C=O) groups is 3. The summed E-state index contributed by atoms with van der Waals surface area (Å²) in [5.74, 6) is -0.294. The Morgan fingerprint density at radius 3 is 2.28 bits per heavy atom. The molecule has 3 amide bonds. The maximum atomic E-state index is 13.0. The smallest absolute Gasteiger partial charge is 0.411 e. The highest BCUT2D eigenvalue weighted by atomic mass is 16.6. The van der Waals surface area contributed by atoms with Crippen LogP contribution in [0.2, 0.25) is 0 Å². The van der Waals surface area contributed by atoms with Crippen molar-refractivity contribution in [3.05, 3.63) is 0 Å².